The molecule has 1 saturated carbocycles. The normalized spacial score (nSPS) is 17.5. The van der Waals surface area contributed by atoms with Gasteiger partial charge in [-0.1, -0.05) is 13.3 Å². The highest BCUT2D eigenvalue weighted by Gasteiger charge is 2.27. The molecule has 4 nitrogen and oxygen atoms in total. The Bertz CT molecular complexity index is 352. The number of nitrogens with zero attached hydrogens (tertiary/aromatic N) is 2. The fourth-order valence-corrected chi connectivity index (χ4v) is 2.34. The SMILES string of the molecule is CCNC(Cc1cc(OC)ncn1)C1CCC1. The van der Waals surface area contributed by atoms with Crippen LogP contribution in [0.1, 0.15) is 31.9 Å². The summed E-state index contributed by atoms with van der Waals surface area (Å²) < 4.78 is 5.13. The van der Waals surface area contributed by atoms with Gasteiger partial charge >= 0.3 is 0 Å². The van der Waals surface area contributed by atoms with E-state index >= 15 is 0 Å². The van der Waals surface area contributed by atoms with E-state index < -0.39 is 0 Å². The van der Waals surface area contributed by atoms with Crippen LogP contribution in [0.3, 0.4) is 0 Å². The minimum Gasteiger partial charge on any atom is -0.481 e. The van der Waals surface area contributed by atoms with Gasteiger partial charge in [0.2, 0.25) is 5.88 Å². The molecular weight excluding hydrogens is 214 g/mol. The molecule has 0 aliphatic heterocycles. The van der Waals surface area contributed by atoms with Crippen molar-refractivity contribution in [2.75, 3.05) is 13.7 Å². The maximum Gasteiger partial charge on any atom is 0.216 e. The monoisotopic (exact) mass is 235 g/mol. The van der Waals surface area contributed by atoms with Crippen molar-refractivity contribution in [1.29, 1.82) is 0 Å². The van der Waals surface area contributed by atoms with Gasteiger partial charge in [0.05, 0.1) is 7.11 Å². The average Bonchev–Trinajstić information content (AvgIpc) is 2.27. The van der Waals surface area contributed by atoms with Gasteiger partial charge in [0.1, 0.15) is 6.33 Å². The largest absolute Gasteiger partial charge is 0.481 e. The Kier molecular flexibility index (Phi) is 4.31. The van der Waals surface area contributed by atoms with Crippen LogP contribution in [-0.2, 0) is 6.42 Å². The maximum absolute atomic E-state index is 5.13. The van der Waals surface area contributed by atoms with Gasteiger partial charge in [0, 0.05) is 24.2 Å². The van der Waals surface area contributed by atoms with Crippen molar-refractivity contribution in [2.24, 2.45) is 5.92 Å². The maximum atomic E-state index is 5.13. The molecular formula is C13H21N3O. The highest BCUT2D eigenvalue weighted by atomic mass is 16.5. The number of hydrogen-bond acceptors (Lipinski definition) is 4. The summed E-state index contributed by atoms with van der Waals surface area (Å²) in [5, 5.41) is 3.57. The van der Waals surface area contributed by atoms with Crippen molar-refractivity contribution in [3.05, 3.63) is 18.1 Å². The number of nitrogens with one attached hydrogen (secondary N) is 1. The van der Waals surface area contributed by atoms with Gasteiger partial charge in [-0.25, -0.2) is 9.97 Å². The summed E-state index contributed by atoms with van der Waals surface area (Å²) in [4.78, 5) is 8.36. The lowest BCUT2D eigenvalue weighted by Crippen LogP contribution is -2.41. The number of hydrogen-bond donors (Lipinski definition) is 1. The minimum absolute atomic E-state index is 0.549. The Morgan fingerprint density at radius 3 is 2.88 bits per heavy atom. The van der Waals surface area contributed by atoms with E-state index in [0.29, 0.717) is 11.9 Å². The molecule has 0 bridgehead atoms. The Balaban J connectivity index is 2.00. The predicted molar refractivity (Wildman–Crippen MR) is 67.1 cm³/mol. The summed E-state index contributed by atoms with van der Waals surface area (Å²) in [5.41, 5.74) is 1.06. The number of rotatable bonds is 6. The second-order valence-electron chi connectivity index (χ2n) is 4.61. The van der Waals surface area contributed by atoms with Gasteiger partial charge in [-0.2, -0.15) is 0 Å². The molecule has 1 aromatic rings. The molecule has 2 rings (SSSR count). The van der Waals surface area contributed by atoms with E-state index in [0.717, 1.165) is 24.6 Å². The molecule has 4 heteroatoms. The summed E-state index contributed by atoms with van der Waals surface area (Å²) in [6.45, 7) is 3.18. The van der Waals surface area contributed by atoms with Crippen LogP contribution in [0, 0.1) is 5.92 Å². The van der Waals surface area contributed by atoms with Gasteiger partial charge in [0.25, 0.3) is 0 Å². The van der Waals surface area contributed by atoms with Crippen LogP contribution < -0.4 is 10.1 Å². The molecule has 0 aromatic carbocycles. The Labute approximate surface area is 103 Å². The molecule has 0 spiro atoms. The van der Waals surface area contributed by atoms with Gasteiger partial charge in [-0.05, 0) is 25.3 Å². The average molecular weight is 235 g/mol. The van der Waals surface area contributed by atoms with Crippen LogP contribution in [0.4, 0.5) is 0 Å². The van der Waals surface area contributed by atoms with E-state index in [1.54, 1.807) is 13.4 Å². The number of methoxy groups -OCH3 is 1. The molecule has 17 heavy (non-hydrogen) atoms. The van der Waals surface area contributed by atoms with E-state index in [1.165, 1.54) is 19.3 Å². The van der Waals surface area contributed by atoms with Gasteiger partial charge in [-0.15, -0.1) is 0 Å². The van der Waals surface area contributed by atoms with E-state index in [4.69, 9.17) is 4.74 Å². The third-order valence-corrected chi connectivity index (χ3v) is 3.52. The fourth-order valence-electron chi connectivity index (χ4n) is 2.34. The molecule has 1 unspecified atom stereocenters. The first-order valence-electron chi connectivity index (χ1n) is 6.41. The summed E-state index contributed by atoms with van der Waals surface area (Å²) in [6.07, 6.45) is 6.62. The summed E-state index contributed by atoms with van der Waals surface area (Å²) in [6, 6.07) is 2.48. The molecule has 0 amide bonds. The van der Waals surface area contributed by atoms with Crippen LogP contribution in [0.2, 0.25) is 0 Å². The van der Waals surface area contributed by atoms with Crippen molar-refractivity contribution >= 4 is 0 Å². The lowest BCUT2D eigenvalue weighted by molar-refractivity contribution is 0.228. The molecule has 1 atom stereocenters. The quantitative estimate of drug-likeness (QED) is 0.817. The van der Waals surface area contributed by atoms with E-state index in [2.05, 4.69) is 22.2 Å². The Morgan fingerprint density at radius 2 is 2.29 bits per heavy atom. The zero-order chi connectivity index (χ0) is 12.1. The third-order valence-electron chi connectivity index (χ3n) is 3.52. The molecule has 1 aromatic heterocycles. The van der Waals surface area contributed by atoms with Crippen molar-refractivity contribution in [3.8, 4) is 5.88 Å². The zero-order valence-corrected chi connectivity index (χ0v) is 10.6. The first kappa shape index (κ1) is 12.3. The molecule has 1 heterocycles. The molecule has 1 fully saturated rings. The second-order valence-corrected chi connectivity index (χ2v) is 4.61. The number of aromatic nitrogens is 2. The van der Waals surface area contributed by atoms with E-state index in [1.807, 2.05) is 6.07 Å². The van der Waals surface area contributed by atoms with Gasteiger partial charge in [-0.3, -0.25) is 0 Å². The smallest absolute Gasteiger partial charge is 0.216 e. The summed E-state index contributed by atoms with van der Waals surface area (Å²) in [7, 11) is 1.64. The third kappa shape index (κ3) is 3.16. The van der Waals surface area contributed by atoms with Crippen molar-refractivity contribution in [3.63, 3.8) is 0 Å². The summed E-state index contributed by atoms with van der Waals surface area (Å²) in [5.74, 6) is 1.47. The van der Waals surface area contributed by atoms with Crippen molar-refractivity contribution in [1.82, 2.24) is 15.3 Å². The highest BCUT2D eigenvalue weighted by molar-refractivity contribution is 5.14. The molecule has 1 aliphatic carbocycles. The number of ether oxygens (including phenoxy) is 1. The van der Waals surface area contributed by atoms with Gasteiger partial charge in [0.15, 0.2) is 0 Å². The predicted octanol–water partition coefficient (Wildman–Crippen LogP) is 1.81. The van der Waals surface area contributed by atoms with E-state index in [-0.39, 0.29) is 0 Å². The van der Waals surface area contributed by atoms with Crippen LogP contribution in [0.15, 0.2) is 12.4 Å². The highest BCUT2D eigenvalue weighted by Crippen LogP contribution is 2.31. The standard InChI is InChI=1S/C13H21N3O/c1-3-14-12(10-5-4-6-10)7-11-8-13(17-2)16-9-15-11/h8-10,12,14H,3-7H2,1-2H3. The Morgan fingerprint density at radius 1 is 1.47 bits per heavy atom. The van der Waals surface area contributed by atoms with Crippen molar-refractivity contribution in [2.45, 2.75) is 38.6 Å². The Hall–Kier alpha value is -1.16. The number of likely N-dealkylation sites (N-methyl/N-ethyl adjacent to an activating group) is 1. The lowest BCUT2D eigenvalue weighted by atomic mass is 9.78. The van der Waals surface area contributed by atoms with Crippen LogP contribution in [-0.4, -0.2) is 29.7 Å². The van der Waals surface area contributed by atoms with Crippen LogP contribution in [0.25, 0.3) is 0 Å². The van der Waals surface area contributed by atoms with E-state index in [9.17, 15) is 0 Å². The summed E-state index contributed by atoms with van der Waals surface area (Å²) >= 11 is 0. The zero-order valence-electron chi connectivity index (χ0n) is 10.6. The second kappa shape index (κ2) is 5.96. The van der Waals surface area contributed by atoms with Crippen LogP contribution in [0.5, 0.6) is 5.88 Å². The van der Waals surface area contributed by atoms with Crippen molar-refractivity contribution < 1.29 is 4.74 Å². The minimum atomic E-state index is 0.549. The molecule has 1 N–H and O–H groups in total. The topological polar surface area (TPSA) is 47.0 Å². The molecule has 1 aliphatic rings. The van der Waals surface area contributed by atoms with Crippen LogP contribution >= 0.6 is 0 Å². The first-order valence-corrected chi connectivity index (χ1v) is 6.41. The molecule has 94 valence electrons. The van der Waals surface area contributed by atoms with Gasteiger partial charge < -0.3 is 10.1 Å². The fraction of sp³-hybridized carbons (Fsp3) is 0.692. The molecule has 0 saturated heterocycles. The first-order chi connectivity index (χ1) is 8.33. The molecule has 0 radical (unpaired) electrons. The lowest BCUT2D eigenvalue weighted by Gasteiger charge is -2.34.